The predicted molar refractivity (Wildman–Crippen MR) is 96.1 cm³/mol. The highest BCUT2D eigenvalue weighted by Crippen LogP contribution is 2.23. The monoisotopic (exact) mass is 358 g/mol. The molecule has 0 heterocycles. The number of carbonyl (C=O) groups is 2. The summed E-state index contributed by atoms with van der Waals surface area (Å²) in [6.07, 6.45) is 0. The molecule has 0 fully saturated rings. The summed E-state index contributed by atoms with van der Waals surface area (Å²) in [5.41, 5.74) is 5.76. The number of anilines is 2. The van der Waals surface area contributed by atoms with Gasteiger partial charge in [0.05, 0.1) is 4.92 Å². The molecular weight excluding hydrogens is 340 g/mol. The highest BCUT2D eigenvalue weighted by molar-refractivity contribution is 6.05. The van der Waals surface area contributed by atoms with E-state index in [4.69, 9.17) is 10.5 Å². The van der Waals surface area contributed by atoms with Gasteiger partial charge in [0, 0.05) is 31.4 Å². The van der Waals surface area contributed by atoms with E-state index in [2.05, 4.69) is 5.32 Å². The Hall–Kier alpha value is -3.62. The van der Waals surface area contributed by atoms with Gasteiger partial charge in [0.2, 0.25) is 0 Å². The second kappa shape index (κ2) is 7.97. The first-order valence-electron chi connectivity index (χ1n) is 7.56. The maximum absolute atomic E-state index is 12.2. The number of benzene rings is 2. The van der Waals surface area contributed by atoms with E-state index < -0.39 is 10.8 Å². The fourth-order valence-electron chi connectivity index (χ4n) is 1.95. The molecule has 26 heavy (non-hydrogen) atoms. The van der Waals surface area contributed by atoms with Crippen LogP contribution in [0.2, 0.25) is 0 Å². The van der Waals surface area contributed by atoms with Gasteiger partial charge in [-0.15, -0.1) is 0 Å². The minimum atomic E-state index is -0.646. The van der Waals surface area contributed by atoms with Crippen molar-refractivity contribution in [2.75, 3.05) is 31.8 Å². The molecule has 0 saturated carbocycles. The van der Waals surface area contributed by atoms with E-state index in [-0.39, 0.29) is 29.5 Å². The number of nitrogens with one attached hydrogen (secondary N) is 1. The minimum Gasteiger partial charge on any atom is -0.484 e. The third-order valence-electron chi connectivity index (χ3n) is 3.46. The summed E-state index contributed by atoms with van der Waals surface area (Å²) >= 11 is 0. The summed E-state index contributed by atoms with van der Waals surface area (Å²) in [6, 6.07) is 10.2. The molecule has 2 aromatic carbocycles. The molecule has 0 aliphatic carbocycles. The van der Waals surface area contributed by atoms with Gasteiger partial charge in [-0.1, -0.05) is 0 Å². The summed E-state index contributed by atoms with van der Waals surface area (Å²) in [6.45, 7) is -0.0895. The van der Waals surface area contributed by atoms with Gasteiger partial charge in [-0.2, -0.15) is 0 Å². The van der Waals surface area contributed by atoms with Crippen LogP contribution in [-0.4, -0.2) is 42.3 Å². The van der Waals surface area contributed by atoms with E-state index in [1.165, 1.54) is 17.0 Å². The van der Waals surface area contributed by atoms with Crippen molar-refractivity contribution in [1.29, 1.82) is 0 Å². The smallest absolute Gasteiger partial charge is 0.292 e. The molecule has 0 unspecified atom stereocenters. The summed E-state index contributed by atoms with van der Waals surface area (Å²) in [7, 11) is 3.26. The molecule has 0 aliphatic rings. The predicted octanol–water partition coefficient (Wildman–Crippen LogP) is 1.90. The SMILES string of the molecule is CN(C)C(=O)COc1ccc(NC(=O)c2ccc(N)c([N+](=O)[O-])c2)cc1. The number of rotatable bonds is 6. The second-order valence-electron chi connectivity index (χ2n) is 5.59. The van der Waals surface area contributed by atoms with Crippen LogP contribution < -0.4 is 15.8 Å². The quantitative estimate of drug-likeness (QED) is 0.461. The second-order valence-corrected chi connectivity index (χ2v) is 5.59. The van der Waals surface area contributed by atoms with Gasteiger partial charge in [0.25, 0.3) is 17.5 Å². The van der Waals surface area contributed by atoms with E-state index in [0.29, 0.717) is 11.4 Å². The molecule has 0 radical (unpaired) electrons. The first-order valence-corrected chi connectivity index (χ1v) is 7.56. The molecular formula is C17H18N4O5. The molecule has 2 amide bonds. The number of carbonyl (C=O) groups excluding carboxylic acids is 2. The zero-order valence-electron chi connectivity index (χ0n) is 14.3. The van der Waals surface area contributed by atoms with Crippen molar-refractivity contribution in [3.63, 3.8) is 0 Å². The van der Waals surface area contributed by atoms with Crippen LogP contribution in [0.4, 0.5) is 17.1 Å². The molecule has 0 spiro atoms. The molecule has 0 aliphatic heterocycles. The van der Waals surface area contributed by atoms with Crippen molar-refractivity contribution in [3.05, 3.63) is 58.1 Å². The fraction of sp³-hybridized carbons (Fsp3) is 0.176. The first-order chi connectivity index (χ1) is 12.3. The van der Waals surface area contributed by atoms with Gasteiger partial charge in [0.15, 0.2) is 6.61 Å². The zero-order valence-corrected chi connectivity index (χ0v) is 14.3. The van der Waals surface area contributed by atoms with Gasteiger partial charge in [-0.3, -0.25) is 19.7 Å². The van der Waals surface area contributed by atoms with Gasteiger partial charge in [0.1, 0.15) is 11.4 Å². The Bertz CT molecular complexity index is 834. The first kappa shape index (κ1) is 18.7. The molecule has 2 aromatic rings. The average molecular weight is 358 g/mol. The van der Waals surface area contributed by atoms with E-state index >= 15 is 0 Å². The maximum atomic E-state index is 12.2. The summed E-state index contributed by atoms with van der Waals surface area (Å²) in [5.74, 6) is -0.210. The molecule has 9 heteroatoms. The summed E-state index contributed by atoms with van der Waals surface area (Å²) < 4.78 is 5.34. The molecule has 0 saturated heterocycles. The third kappa shape index (κ3) is 4.69. The highest BCUT2D eigenvalue weighted by Gasteiger charge is 2.16. The van der Waals surface area contributed by atoms with Gasteiger partial charge >= 0.3 is 0 Å². The summed E-state index contributed by atoms with van der Waals surface area (Å²) in [5, 5.41) is 13.5. The van der Waals surface area contributed by atoms with Crippen molar-refractivity contribution >= 4 is 28.9 Å². The fourth-order valence-corrected chi connectivity index (χ4v) is 1.95. The molecule has 136 valence electrons. The largest absolute Gasteiger partial charge is 0.484 e. The highest BCUT2D eigenvalue weighted by atomic mass is 16.6. The van der Waals surface area contributed by atoms with Crippen molar-refractivity contribution in [2.45, 2.75) is 0 Å². The molecule has 0 bridgehead atoms. The Kier molecular flexibility index (Phi) is 5.74. The number of likely N-dealkylation sites (N-methyl/N-ethyl adjacent to an activating group) is 1. The van der Waals surface area contributed by atoms with Crippen LogP contribution in [0.25, 0.3) is 0 Å². The number of nitrogens with zero attached hydrogens (tertiary/aromatic N) is 2. The normalized spacial score (nSPS) is 10.1. The Morgan fingerprint density at radius 3 is 2.42 bits per heavy atom. The Morgan fingerprint density at radius 1 is 1.19 bits per heavy atom. The van der Waals surface area contributed by atoms with E-state index in [1.54, 1.807) is 38.4 Å². The molecule has 9 nitrogen and oxygen atoms in total. The van der Waals surface area contributed by atoms with E-state index in [9.17, 15) is 19.7 Å². The van der Waals surface area contributed by atoms with E-state index in [1.807, 2.05) is 0 Å². The van der Waals surface area contributed by atoms with Crippen LogP contribution in [-0.2, 0) is 4.79 Å². The third-order valence-corrected chi connectivity index (χ3v) is 3.46. The van der Waals surface area contributed by atoms with Gasteiger partial charge < -0.3 is 20.7 Å². The lowest BCUT2D eigenvalue weighted by Crippen LogP contribution is -2.27. The number of hydrogen-bond acceptors (Lipinski definition) is 6. The number of ether oxygens (including phenoxy) is 1. The topological polar surface area (TPSA) is 128 Å². The maximum Gasteiger partial charge on any atom is 0.292 e. The lowest BCUT2D eigenvalue weighted by Gasteiger charge is -2.12. The van der Waals surface area contributed by atoms with Gasteiger partial charge in [-0.05, 0) is 36.4 Å². The van der Waals surface area contributed by atoms with Crippen LogP contribution >= 0.6 is 0 Å². The summed E-state index contributed by atoms with van der Waals surface area (Å²) in [4.78, 5) is 35.4. The van der Waals surface area contributed by atoms with Crippen LogP contribution in [0.3, 0.4) is 0 Å². The lowest BCUT2D eigenvalue weighted by molar-refractivity contribution is -0.383. The average Bonchev–Trinajstić information content (AvgIpc) is 2.60. The van der Waals surface area contributed by atoms with Crippen LogP contribution in [0.5, 0.6) is 5.75 Å². The molecule has 0 aromatic heterocycles. The molecule has 3 N–H and O–H groups in total. The lowest BCUT2D eigenvalue weighted by atomic mass is 10.1. The number of hydrogen-bond donors (Lipinski definition) is 2. The number of amides is 2. The standard InChI is InChI=1S/C17H18N4O5/c1-20(2)16(22)10-26-13-6-4-12(5-7-13)19-17(23)11-3-8-14(18)15(9-11)21(24)25/h3-9H,10,18H2,1-2H3,(H,19,23). The number of nitrogen functional groups attached to an aromatic ring is 1. The van der Waals surface area contributed by atoms with Crippen molar-refractivity contribution in [2.24, 2.45) is 0 Å². The van der Waals surface area contributed by atoms with Crippen LogP contribution in [0.15, 0.2) is 42.5 Å². The van der Waals surface area contributed by atoms with E-state index in [0.717, 1.165) is 6.07 Å². The van der Waals surface area contributed by atoms with Crippen molar-refractivity contribution < 1.29 is 19.2 Å². The van der Waals surface area contributed by atoms with Crippen LogP contribution in [0, 0.1) is 10.1 Å². The number of nitro groups is 1. The number of nitro benzene ring substituents is 1. The Morgan fingerprint density at radius 2 is 1.85 bits per heavy atom. The molecule has 2 rings (SSSR count). The van der Waals surface area contributed by atoms with Crippen molar-refractivity contribution in [1.82, 2.24) is 4.90 Å². The minimum absolute atomic E-state index is 0.0136. The van der Waals surface area contributed by atoms with Crippen molar-refractivity contribution in [3.8, 4) is 5.75 Å². The Labute approximate surface area is 149 Å². The van der Waals surface area contributed by atoms with Crippen LogP contribution in [0.1, 0.15) is 10.4 Å². The zero-order chi connectivity index (χ0) is 19.3. The Balaban J connectivity index is 2.02. The molecule has 0 atom stereocenters. The van der Waals surface area contributed by atoms with Gasteiger partial charge in [-0.25, -0.2) is 0 Å². The number of nitrogens with two attached hydrogens (primary N) is 1.